The molecule has 1 aliphatic carbocycles. The number of carboxylic acids is 1. The molecule has 2 aliphatic rings. The van der Waals surface area contributed by atoms with E-state index in [9.17, 15) is 19.5 Å². The van der Waals surface area contributed by atoms with Gasteiger partial charge in [-0.1, -0.05) is 48.5 Å². The maximum absolute atomic E-state index is 13.0. The van der Waals surface area contributed by atoms with E-state index in [1.54, 1.807) is 25.7 Å². The Hall–Kier alpha value is -3.55. The molecule has 0 spiro atoms. The van der Waals surface area contributed by atoms with E-state index in [2.05, 4.69) is 24.3 Å². The number of carbonyl (C=O) groups excluding carboxylic acids is 2. The van der Waals surface area contributed by atoms with E-state index in [0.29, 0.717) is 13.1 Å². The van der Waals surface area contributed by atoms with Crippen molar-refractivity contribution in [2.24, 2.45) is 5.92 Å². The third kappa shape index (κ3) is 5.98. The first kappa shape index (κ1) is 25.5. The molecular formula is C28H34N2O6. The van der Waals surface area contributed by atoms with Crippen molar-refractivity contribution in [1.82, 2.24) is 9.80 Å². The van der Waals surface area contributed by atoms with Gasteiger partial charge in [0.15, 0.2) is 0 Å². The molecular weight excluding hydrogens is 460 g/mol. The average Bonchev–Trinajstić information content (AvgIpc) is 3.15. The first-order valence-electron chi connectivity index (χ1n) is 12.4. The lowest BCUT2D eigenvalue weighted by molar-refractivity contribution is -0.138. The van der Waals surface area contributed by atoms with Crippen molar-refractivity contribution >= 4 is 18.2 Å². The zero-order valence-corrected chi connectivity index (χ0v) is 21.1. The van der Waals surface area contributed by atoms with Gasteiger partial charge in [0.1, 0.15) is 18.8 Å². The van der Waals surface area contributed by atoms with Crippen LogP contribution in [0.2, 0.25) is 0 Å². The second-order valence-corrected chi connectivity index (χ2v) is 10.5. The van der Waals surface area contributed by atoms with E-state index in [0.717, 1.165) is 24.0 Å². The standard InChI is InChI=1S/C28H34N2O6/c1-28(2,3)36-27(34)30(17-25(31)32)16-19-9-8-14-29(15-19)26(33)35-18-24-22-12-6-4-10-20(22)21-11-5-7-13-23(21)24/h4-7,10-13,19,24H,8-9,14-18H2,1-3H3,(H,31,32). The summed E-state index contributed by atoms with van der Waals surface area (Å²) in [4.78, 5) is 39.8. The molecule has 4 rings (SSSR count). The molecule has 2 aromatic rings. The Balaban J connectivity index is 1.38. The van der Waals surface area contributed by atoms with Crippen LogP contribution < -0.4 is 0 Å². The lowest BCUT2D eigenvalue weighted by atomic mass is 9.97. The molecule has 2 amide bonds. The predicted octanol–water partition coefficient (Wildman–Crippen LogP) is 4.97. The van der Waals surface area contributed by atoms with E-state index >= 15 is 0 Å². The van der Waals surface area contributed by atoms with Crippen LogP contribution in [0.15, 0.2) is 48.5 Å². The largest absolute Gasteiger partial charge is 0.480 e. The van der Waals surface area contributed by atoms with Gasteiger partial charge >= 0.3 is 18.2 Å². The summed E-state index contributed by atoms with van der Waals surface area (Å²) >= 11 is 0. The number of nitrogens with zero attached hydrogens (tertiary/aromatic N) is 2. The van der Waals surface area contributed by atoms with Gasteiger partial charge in [-0.15, -0.1) is 0 Å². The van der Waals surface area contributed by atoms with Gasteiger partial charge in [-0.2, -0.15) is 0 Å². The van der Waals surface area contributed by atoms with E-state index in [4.69, 9.17) is 9.47 Å². The first-order chi connectivity index (χ1) is 17.1. The van der Waals surface area contributed by atoms with Crippen molar-refractivity contribution in [3.05, 3.63) is 59.7 Å². The highest BCUT2D eigenvalue weighted by atomic mass is 16.6. The molecule has 2 aromatic carbocycles. The molecule has 1 atom stereocenters. The molecule has 192 valence electrons. The lowest BCUT2D eigenvalue weighted by Gasteiger charge is -2.35. The summed E-state index contributed by atoms with van der Waals surface area (Å²) in [5.41, 5.74) is 3.93. The van der Waals surface area contributed by atoms with Crippen molar-refractivity contribution in [3.8, 4) is 11.1 Å². The predicted molar refractivity (Wildman–Crippen MR) is 135 cm³/mol. The summed E-state index contributed by atoms with van der Waals surface area (Å²) in [5, 5.41) is 9.28. The second-order valence-electron chi connectivity index (χ2n) is 10.5. The Morgan fingerprint density at radius 1 is 1.03 bits per heavy atom. The van der Waals surface area contributed by atoms with Crippen molar-refractivity contribution in [2.45, 2.75) is 45.1 Å². The van der Waals surface area contributed by atoms with Gasteiger partial charge < -0.3 is 19.5 Å². The Morgan fingerprint density at radius 3 is 2.22 bits per heavy atom. The normalized spacial score (nSPS) is 17.2. The molecule has 1 unspecified atom stereocenters. The maximum Gasteiger partial charge on any atom is 0.410 e. The van der Waals surface area contributed by atoms with Gasteiger partial charge in [-0.25, -0.2) is 9.59 Å². The van der Waals surface area contributed by atoms with Crippen LogP contribution in [-0.4, -0.2) is 71.4 Å². The first-order valence-corrected chi connectivity index (χ1v) is 12.4. The molecule has 36 heavy (non-hydrogen) atoms. The summed E-state index contributed by atoms with van der Waals surface area (Å²) in [7, 11) is 0. The zero-order chi connectivity index (χ0) is 25.9. The smallest absolute Gasteiger partial charge is 0.410 e. The molecule has 1 N–H and O–H groups in total. The topological polar surface area (TPSA) is 96.4 Å². The van der Waals surface area contributed by atoms with E-state index in [1.165, 1.54) is 16.0 Å². The fourth-order valence-corrected chi connectivity index (χ4v) is 5.07. The summed E-state index contributed by atoms with van der Waals surface area (Å²) in [6.07, 6.45) is 0.489. The summed E-state index contributed by atoms with van der Waals surface area (Å²) < 4.78 is 11.2. The highest BCUT2D eigenvalue weighted by molar-refractivity contribution is 5.79. The second kappa shape index (κ2) is 10.6. The fourth-order valence-electron chi connectivity index (χ4n) is 5.07. The Bertz CT molecular complexity index is 1080. The van der Waals surface area contributed by atoms with Crippen LogP contribution in [0.25, 0.3) is 11.1 Å². The highest BCUT2D eigenvalue weighted by Crippen LogP contribution is 2.44. The maximum atomic E-state index is 13.0. The van der Waals surface area contributed by atoms with Crippen LogP contribution in [0.3, 0.4) is 0 Å². The minimum absolute atomic E-state index is 0.0137. The number of fused-ring (bicyclic) bond motifs is 3. The van der Waals surface area contributed by atoms with Gasteiger partial charge in [0.25, 0.3) is 0 Å². The molecule has 0 aromatic heterocycles. The summed E-state index contributed by atoms with van der Waals surface area (Å²) in [6, 6.07) is 16.4. The monoisotopic (exact) mass is 494 g/mol. The molecule has 1 saturated heterocycles. The lowest BCUT2D eigenvalue weighted by Crippen LogP contribution is -2.47. The molecule has 1 aliphatic heterocycles. The van der Waals surface area contributed by atoms with Gasteiger partial charge in [0.2, 0.25) is 0 Å². The number of amides is 2. The number of piperidine rings is 1. The third-order valence-corrected chi connectivity index (χ3v) is 6.57. The minimum atomic E-state index is -1.11. The zero-order valence-electron chi connectivity index (χ0n) is 21.1. The highest BCUT2D eigenvalue weighted by Gasteiger charge is 2.32. The third-order valence-electron chi connectivity index (χ3n) is 6.57. The van der Waals surface area contributed by atoms with E-state index in [1.807, 2.05) is 24.3 Å². The van der Waals surface area contributed by atoms with Crippen LogP contribution in [0.5, 0.6) is 0 Å². The van der Waals surface area contributed by atoms with E-state index in [-0.39, 0.29) is 31.1 Å². The summed E-state index contributed by atoms with van der Waals surface area (Å²) in [6.45, 7) is 6.19. The van der Waals surface area contributed by atoms with Gasteiger partial charge in [-0.3, -0.25) is 9.69 Å². The number of ether oxygens (including phenoxy) is 2. The van der Waals surface area contributed by atoms with Crippen molar-refractivity contribution < 1.29 is 29.0 Å². The van der Waals surface area contributed by atoms with Gasteiger partial charge in [0.05, 0.1) is 0 Å². The minimum Gasteiger partial charge on any atom is -0.480 e. The molecule has 0 radical (unpaired) electrons. The Labute approximate surface area is 211 Å². The number of benzene rings is 2. The van der Waals surface area contributed by atoms with Crippen molar-refractivity contribution in [1.29, 1.82) is 0 Å². The Morgan fingerprint density at radius 2 is 1.64 bits per heavy atom. The quantitative estimate of drug-likeness (QED) is 0.609. The van der Waals surface area contributed by atoms with Crippen molar-refractivity contribution in [3.63, 3.8) is 0 Å². The molecule has 8 heteroatoms. The summed E-state index contributed by atoms with van der Waals surface area (Å²) in [5.74, 6) is -1.18. The molecule has 0 bridgehead atoms. The molecule has 8 nitrogen and oxygen atoms in total. The number of hydrogen-bond acceptors (Lipinski definition) is 5. The fraction of sp³-hybridized carbons (Fsp3) is 0.464. The Kier molecular flexibility index (Phi) is 7.52. The van der Waals surface area contributed by atoms with Crippen LogP contribution in [0, 0.1) is 5.92 Å². The van der Waals surface area contributed by atoms with Crippen LogP contribution in [0.4, 0.5) is 9.59 Å². The van der Waals surface area contributed by atoms with E-state index < -0.39 is 24.2 Å². The molecule has 0 saturated carbocycles. The van der Waals surface area contributed by atoms with Gasteiger partial charge in [0, 0.05) is 25.6 Å². The molecule has 1 heterocycles. The SMILES string of the molecule is CC(C)(C)OC(=O)N(CC(=O)O)CC1CCCN(C(=O)OCC2c3ccccc3-c3ccccc32)C1. The number of carboxylic acid groups (broad SMARTS) is 1. The van der Waals surface area contributed by atoms with Crippen LogP contribution in [0.1, 0.15) is 50.7 Å². The molecule has 1 fully saturated rings. The van der Waals surface area contributed by atoms with Crippen LogP contribution >= 0.6 is 0 Å². The number of carbonyl (C=O) groups is 3. The van der Waals surface area contributed by atoms with Crippen LogP contribution in [-0.2, 0) is 14.3 Å². The number of rotatable bonds is 6. The number of aliphatic carboxylic acids is 1. The van der Waals surface area contributed by atoms with Crippen molar-refractivity contribution in [2.75, 3.05) is 32.8 Å². The number of hydrogen-bond donors (Lipinski definition) is 1. The average molecular weight is 495 g/mol. The number of likely N-dealkylation sites (tertiary alicyclic amines) is 1. The van der Waals surface area contributed by atoms with Gasteiger partial charge in [-0.05, 0) is 61.8 Å².